The summed E-state index contributed by atoms with van der Waals surface area (Å²) in [6.07, 6.45) is 2.52. The number of benzene rings is 1. The fourth-order valence-corrected chi connectivity index (χ4v) is 1.79. The molecule has 19 heavy (non-hydrogen) atoms. The van der Waals surface area contributed by atoms with Gasteiger partial charge in [-0.25, -0.2) is 0 Å². The van der Waals surface area contributed by atoms with E-state index < -0.39 is 0 Å². The Balaban J connectivity index is 2.02. The average molecular weight is 267 g/mol. The van der Waals surface area contributed by atoms with Gasteiger partial charge in [-0.3, -0.25) is 0 Å². The molecule has 1 aliphatic rings. The second-order valence-electron chi connectivity index (χ2n) is 4.61. The van der Waals surface area contributed by atoms with Crippen LogP contribution in [0.15, 0.2) is 12.1 Å². The number of ether oxygens (including phenoxy) is 4. The molecule has 5 nitrogen and oxygen atoms in total. The molecule has 1 fully saturated rings. The molecule has 1 aliphatic carbocycles. The monoisotopic (exact) mass is 267 g/mol. The summed E-state index contributed by atoms with van der Waals surface area (Å²) in [5.41, 5.74) is 6.56. The molecular formula is C14H21NO4. The molecule has 0 spiro atoms. The second-order valence-corrected chi connectivity index (χ2v) is 4.61. The van der Waals surface area contributed by atoms with E-state index in [-0.39, 0.29) is 6.79 Å². The quantitative estimate of drug-likeness (QED) is 0.576. The highest BCUT2D eigenvalue weighted by Crippen LogP contribution is 2.38. The van der Waals surface area contributed by atoms with Gasteiger partial charge in [-0.1, -0.05) is 0 Å². The van der Waals surface area contributed by atoms with Gasteiger partial charge in [0.25, 0.3) is 0 Å². The van der Waals surface area contributed by atoms with Crippen molar-refractivity contribution in [2.75, 3.05) is 27.6 Å². The van der Waals surface area contributed by atoms with Gasteiger partial charge in [-0.05, 0) is 36.5 Å². The number of nitrogens with two attached hydrogens (primary N) is 1. The highest BCUT2D eigenvalue weighted by Gasteiger charge is 2.21. The summed E-state index contributed by atoms with van der Waals surface area (Å²) in [4.78, 5) is 0. The Bertz CT molecular complexity index is 393. The SMILES string of the molecule is COc1cc(CN)cc(OC)c1OCOCC1CC1. The van der Waals surface area contributed by atoms with Crippen molar-refractivity contribution in [2.24, 2.45) is 11.7 Å². The lowest BCUT2D eigenvalue weighted by Gasteiger charge is -2.15. The summed E-state index contributed by atoms with van der Waals surface area (Å²) in [5.74, 6) is 2.48. The van der Waals surface area contributed by atoms with Crippen LogP contribution in [0.5, 0.6) is 17.2 Å². The van der Waals surface area contributed by atoms with Crippen LogP contribution in [0.4, 0.5) is 0 Å². The molecule has 0 radical (unpaired) electrons. The summed E-state index contributed by atoms with van der Waals surface area (Å²) in [6.45, 7) is 1.38. The zero-order valence-corrected chi connectivity index (χ0v) is 11.5. The van der Waals surface area contributed by atoms with Gasteiger partial charge in [0.15, 0.2) is 18.3 Å². The Kier molecular flexibility index (Phi) is 4.87. The van der Waals surface area contributed by atoms with E-state index in [0.29, 0.717) is 29.7 Å². The summed E-state index contributed by atoms with van der Waals surface area (Å²) in [6, 6.07) is 3.69. The van der Waals surface area contributed by atoms with Gasteiger partial charge in [0.2, 0.25) is 5.75 Å². The number of hydrogen-bond acceptors (Lipinski definition) is 5. The van der Waals surface area contributed by atoms with Crippen LogP contribution in [0.1, 0.15) is 18.4 Å². The van der Waals surface area contributed by atoms with E-state index in [0.717, 1.165) is 12.2 Å². The third-order valence-electron chi connectivity index (χ3n) is 3.09. The Labute approximate surface area is 113 Å². The maximum atomic E-state index is 5.63. The lowest BCUT2D eigenvalue weighted by molar-refractivity contribution is 0.00727. The van der Waals surface area contributed by atoms with E-state index in [9.17, 15) is 0 Å². The van der Waals surface area contributed by atoms with E-state index in [2.05, 4.69) is 0 Å². The Morgan fingerprint density at radius 2 is 1.79 bits per heavy atom. The van der Waals surface area contributed by atoms with Gasteiger partial charge in [0.05, 0.1) is 20.8 Å². The van der Waals surface area contributed by atoms with Crippen LogP contribution in [0.25, 0.3) is 0 Å². The van der Waals surface area contributed by atoms with Crippen LogP contribution in [0, 0.1) is 5.92 Å². The fraction of sp³-hybridized carbons (Fsp3) is 0.571. The van der Waals surface area contributed by atoms with Crippen LogP contribution < -0.4 is 19.9 Å². The minimum atomic E-state index is 0.200. The molecule has 1 aromatic carbocycles. The standard InChI is InChI=1S/C14H21NO4/c1-16-12-5-11(7-15)6-13(17-2)14(12)19-9-18-8-10-3-4-10/h5-6,10H,3-4,7-9,15H2,1-2H3. The van der Waals surface area contributed by atoms with Gasteiger partial charge in [0, 0.05) is 6.54 Å². The molecule has 0 bridgehead atoms. The highest BCUT2D eigenvalue weighted by atomic mass is 16.7. The molecule has 106 valence electrons. The summed E-state index contributed by atoms with van der Waals surface area (Å²) in [5, 5.41) is 0. The molecule has 0 amide bonds. The first-order valence-corrected chi connectivity index (χ1v) is 6.44. The molecule has 0 unspecified atom stereocenters. The van der Waals surface area contributed by atoms with E-state index in [1.165, 1.54) is 12.8 Å². The third-order valence-corrected chi connectivity index (χ3v) is 3.09. The van der Waals surface area contributed by atoms with E-state index in [1.54, 1.807) is 14.2 Å². The lowest BCUT2D eigenvalue weighted by Crippen LogP contribution is -2.08. The maximum absolute atomic E-state index is 5.63. The van der Waals surface area contributed by atoms with Crippen molar-refractivity contribution in [3.8, 4) is 17.2 Å². The van der Waals surface area contributed by atoms with E-state index in [1.807, 2.05) is 12.1 Å². The van der Waals surface area contributed by atoms with Crippen LogP contribution in [-0.4, -0.2) is 27.6 Å². The number of rotatable bonds is 8. The zero-order valence-electron chi connectivity index (χ0n) is 11.5. The van der Waals surface area contributed by atoms with Crippen molar-refractivity contribution < 1.29 is 18.9 Å². The summed E-state index contributed by atoms with van der Waals surface area (Å²) >= 11 is 0. The Morgan fingerprint density at radius 3 is 2.26 bits per heavy atom. The van der Waals surface area contributed by atoms with Crippen molar-refractivity contribution in [3.63, 3.8) is 0 Å². The number of methoxy groups -OCH3 is 2. The largest absolute Gasteiger partial charge is 0.493 e. The second kappa shape index (κ2) is 6.63. The predicted octanol–water partition coefficient (Wildman–Crippen LogP) is 1.93. The van der Waals surface area contributed by atoms with E-state index >= 15 is 0 Å². The summed E-state index contributed by atoms with van der Waals surface area (Å²) < 4.78 is 21.7. The van der Waals surface area contributed by atoms with Crippen LogP contribution >= 0.6 is 0 Å². The number of hydrogen-bond donors (Lipinski definition) is 1. The molecule has 5 heteroatoms. The molecule has 1 aromatic rings. The molecule has 0 aromatic heterocycles. The van der Waals surface area contributed by atoms with Crippen LogP contribution in [0.2, 0.25) is 0 Å². The van der Waals surface area contributed by atoms with Gasteiger partial charge >= 0.3 is 0 Å². The first-order valence-electron chi connectivity index (χ1n) is 6.44. The molecular weight excluding hydrogens is 246 g/mol. The maximum Gasteiger partial charge on any atom is 0.206 e. The zero-order chi connectivity index (χ0) is 13.7. The van der Waals surface area contributed by atoms with Crippen molar-refractivity contribution >= 4 is 0 Å². The van der Waals surface area contributed by atoms with Gasteiger partial charge in [-0.15, -0.1) is 0 Å². The first kappa shape index (κ1) is 14.0. The lowest BCUT2D eigenvalue weighted by atomic mass is 10.2. The Hall–Kier alpha value is -1.46. The van der Waals surface area contributed by atoms with Crippen LogP contribution in [0.3, 0.4) is 0 Å². The van der Waals surface area contributed by atoms with Crippen LogP contribution in [-0.2, 0) is 11.3 Å². The van der Waals surface area contributed by atoms with Crippen molar-refractivity contribution in [1.82, 2.24) is 0 Å². The van der Waals surface area contributed by atoms with Gasteiger partial charge in [-0.2, -0.15) is 0 Å². The van der Waals surface area contributed by atoms with E-state index in [4.69, 9.17) is 24.7 Å². The van der Waals surface area contributed by atoms with Gasteiger partial charge in [0.1, 0.15) is 0 Å². The Morgan fingerprint density at radius 1 is 1.16 bits per heavy atom. The van der Waals surface area contributed by atoms with Crippen molar-refractivity contribution in [2.45, 2.75) is 19.4 Å². The molecule has 0 atom stereocenters. The average Bonchev–Trinajstić information content (AvgIpc) is 3.27. The smallest absolute Gasteiger partial charge is 0.206 e. The molecule has 2 N–H and O–H groups in total. The minimum absolute atomic E-state index is 0.200. The molecule has 0 saturated heterocycles. The highest BCUT2D eigenvalue weighted by molar-refractivity contribution is 5.53. The predicted molar refractivity (Wildman–Crippen MR) is 71.6 cm³/mol. The molecule has 0 heterocycles. The molecule has 0 aliphatic heterocycles. The topological polar surface area (TPSA) is 62.9 Å². The van der Waals surface area contributed by atoms with Gasteiger partial charge < -0.3 is 24.7 Å². The molecule has 1 saturated carbocycles. The van der Waals surface area contributed by atoms with Crippen molar-refractivity contribution in [1.29, 1.82) is 0 Å². The third kappa shape index (κ3) is 3.75. The van der Waals surface area contributed by atoms with Crippen molar-refractivity contribution in [3.05, 3.63) is 17.7 Å². The molecule has 2 rings (SSSR count). The minimum Gasteiger partial charge on any atom is -0.493 e. The summed E-state index contributed by atoms with van der Waals surface area (Å²) in [7, 11) is 3.18. The first-order chi connectivity index (χ1) is 9.28. The fourth-order valence-electron chi connectivity index (χ4n) is 1.79. The normalized spacial score (nSPS) is 14.3.